The van der Waals surface area contributed by atoms with Gasteiger partial charge in [-0.05, 0) is 18.9 Å². The van der Waals surface area contributed by atoms with Gasteiger partial charge in [-0.1, -0.05) is 49.0 Å². The van der Waals surface area contributed by atoms with Crippen LogP contribution in [0.15, 0.2) is 57.8 Å². The quantitative estimate of drug-likeness (QED) is 0.317. The molecule has 0 saturated heterocycles. The number of aromatic amines is 1. The minimum absolute atomic E-state index is 0.0997. The van der Waals surface area contributed by atoms with Gasteiger partial charge in [0.1, 0.15) is 15.7 Å². The number of thiophene rings is 1. The number of benzene rings is 1. The van der Waals surface area contributed by atoms with Crippen LogP contribution in [0.4, 0.5) is 0 Å². The van der Waals surface area contributed by atoms with Crippen molar-refractivity contribution in [3.05, 3.63) is 69.7 Å². The van der Waals surface area contributed by atoms with Crippen LogP contribution in [0.5, 0.6) is 5.75 Å². The second-order valence-electron chi connectivity index (χ2n) is 6.60. The van der Waals surface area contributed by atoms with E-state index in [-0.39, 0.29) is 5.43 Å². The summed E-state index contributed by atoms with van der Waals surface area (Å²) in [5.41, 5.74) is 3.03. The lowest BCUT2D eigenvalue weighted by Crippen LogP contribution is -2.09. The molecule has 0 amide bonds. The summed E-state index contributed by atoms with van der Waals surface area (Å²) >= 11 is 3.24. The van der Waals surface area contributed by atoms with E-state index in [9.17, 15) is 4.79 Å². The maximum atomic E-state index is 12.2. The van der Waals surface area contributed by atoms with Crippen molar-refractivity contribution in [2.45, 2.75) is 31.0 Å². The van der Waals surface area contributed by atoms with Crippen LogP contribution in [-0.4, -0.2) is 21.6 Å². The first kappa shape index (κ1) is 19.7. The first-order chi connectivity index (χ1) is 14.2. The Balaban J connectivity index is 1.63. The first-order valence-corrected chi connectivity index (χ1v) is 11.3. The summed E-state index contributed by atoms with van der Waals surface area (Å²) < 4.78 is 5.46. The van der Waals surface area contributed by atoms with Crippen molar-refractivity contribution in [3.63, 3.8) is 0 Å². The highest BCUT2D eigenvalue weighted by Crippen LogP contribution is 2.38. The zero-order valence-corrected chi connectivity index (χ0v) is 17.9. The monoisotopic (exact) mass is 423 g/mol. The number of thioether (sulfide) groups is 1. The van der Waals surface area contributed by atoms with E-state index < -0.39 is 0 Å². The fourth-order valence-corrected chi connectivity index (χ4v) is 5.06. The summed E-state index contributed by atoms with van der Waals surface area (Å²) in [7, 11) is 0. The number of fused-ring (bicyclic) bond motifs is 1. The molecular formula is C22H21N3O2S2. The number of hydrogen-bond donors (Lipinski definition) is 1. The molecule has 0 atom stereocenters. The van der Waals surface area contributed by atoms with E-state index in [0.717, 1.165) is 44.3 Å². The molecule has 5 nitrogen and oxygen atoms in total. The fourth-order valence-electron chi connectivity index (χ4n) is 3.00. The number of nitrogens with one attached hydrogen (secondary N) is 1. The van der Waals surface area contributed by atoms with Crippen molar-refractivity contribution in [1.29, 1.82) is 0 Å². The van der Waals surface area contributed by atoms with E-state index in [4.69, 9.17) is 9.72 Å². The van der Waals surface area contributed by atoms with Crippen LogP contribution in [-0.2, 0) is 5.75 Å². The lowest BCUT2D eigenvalue weighted by Gasteiger charge is -2.08. The predicted molar refractivity (Wildman–Crippen MR) is 120 cm³/mol. The molecule has 148 valence electrons. The van der Waals surface area contributed by atoms with Gasteiger partial charge < -0.3 is 9.72 Å². The molecular weight excluding hydrogens is 402 g/mol. The number of aryl methyl sites for hydroxylation is 1. The van der Waals surface area contributed by atoms with Crippen molar-refractivity contribution in [2.75, 3.05) is 6.61 Å². The third kappa shape index (κ3) is 4.36. The minimum Gasteiger partial charge on any atom is -0.488 e. The molecule has 0 aliphatic heterocycles. The Morgan fingerprint density at radius 1 is 1.21 bits per heavy atom. The average molecular weight is 424 g/mol. The molecule has 29 heavy (non-hydrogen) atoms. The van der Waals surface area contributed by atoms with Crippen LogP contribution in [0, 0.1) is 6.92 Å². The maximum absolute atomic E-state index is 12.2. The van der Waals surface area contributed by atoms with Gasteiger partial charge in [-0.15, -0.1) is 11.3 Å². The van der Waals surface area contributed by atoms with Crippen molar-refractivity contribution in [2.24, 2.45) is 0 Å². The molecule has 0 fully saturated rings. The molecule has 7 heteroatoms. The first-order valence-electron chi connectivity index (χ1n) is 9.44. The van der Waals surface area contributed by atoms with Gasteiger partial charge in [0.2, 0.25) is 5.43 Å². The van der Waals surface area contributed by atoms with Gasteiger partial charge in [0.25, 0.3) is 0 Å². The molecule has 3 aromatic heterocycles. The van der Waals surface area contributed by atoms with Gasteiger partial charge in [0.15, 0.2) is 5.75 Å². The average Bonchev–Trinajstić information content (AvgIpc) is 3.16. The van der Waals surface area contributed by atoms with Crippen LogP contribution >= 0.6 is 23.1 Å². The number of pyridine rings is 1. The fraction of sp³-hybridized carbons (Fsp3) is 0.227. The Morgan fingerprint density at radius 3 is 2.79 bits per heavy atom. The Bertz CT molecular complexity index is 1190. The van der Waals surface area contributed by atoms with Gasteiger partial charge in [0.05, 0.1) is 12.0 Å². The molecule has 3 heterocycles. The van der Waals surface area contributed by atoms with Gasteiger partial charge in [-0.25, -0.2) is 9.97 Å². The SMILES string of the molecule is CCCOc1c[nH]c(CSc2nc(C)nc3scc(-c4ccccc4)c23)cc1=O. The van der Waals surface area contributed by atoms with Crippen LogP contribution in [0.3, 0.4) is 0 Å². The minimum atomic E-state index is -0.0997. The molecule has 0 unspecified atom stereocenters. The third-order valence-electron chi connectivity index (χ3n) is 4.36. The third-order valence-corrected chi connectivity index (χ3v) is 6.26. The van der Waals surface area contributed by atoms with E-state index in [1.165, 1.54) is 0 Å². The molecule has 0 spiro atoms. The molecule has 0 aliphatic rings. The summed E-state index contributed by atoms with van der Waals surface area (Å²) in [6.07, 6.45) is 2.51. The number of nitrogens with zero attached hydrogens (tertiary/aromatic N) is 2. The Hall–Kier alpha value is -2.64. The lowest BCUT2D eigenvalue weighted by atomic mass is 10.1. The largest absolute Gasteiger partial charge is 0.488 e. The number of aromatic nitrogens is 3. The second-order valence-corrected chi connectivity index (χ2v) is 8.42. The van der Waals surface area contributed by atoms with E-state index >= 15 is 0 Å². The highest BCUT2D eigenvalue weighted by molar-refractivity contribution is 7.98. The molecule has 4 aromatic rings. The topological polar surface area (TPSA) is 67.9 Å². The summed E-state index contributed by atoms with van der Waals surface area (Å²) in [5.74, 6) is 1.72. The number of H-pyrrole nitrogens is 1. The van der Waals surface area contributed by atoms with E-state index in [1.807, 2.05) is 32.0 Å². The van der Waals surface area contributed by atoms with Gasteiger partial charge in [-0.2, -0.15) is 0 Å². The molecule has 1 aromatic carbocycles. The summed E-state index contributed by atoms with van der Waals surface area (Å²) in [5, 5.41) is 4.14. The zero-order chi connectivity index (χ0) is 20.2. The summed E-state index contributed by atoms with van der Waals surface area (Å²) in [6.45, 7) is 4.46. The molecule has 0 saturated carbocycles. The molecule has 0 radical (unpaired) electrons. The standard InChI is InChI=1S/C22H21N3O2S2/c1-3-9-27-19-11-23-16(10-18(19)26)12-28-21-20-17(15-7-5-4-6-8-15)13-29-22(20)25-14(2)24-21/h4-8,10-11,13H,3,9,12H2,1-2H3,(H,23,26). The van der Waals surface area contributed by atoms with Crippen LogP contribution in [0.25, 0.3) is 21.3 Å². The second kappa shape index (κ2) is 8.80. The smallest absolute Gasteiger partial charge is 0.223 e. The Kier molecular flexibility index (Phi) is 5.97. The van der Waals surface area contributed by atoms with Crippen LogP contribution < -0.4 is 10.2 Å². The Morgan fingerprint density at radius 2 is 2.03 bits per heavy atom. The lowest BCUT2D eigenvalue weighted by molar-refractivity contribution is 0.313. The van der Waals surface area contributed by atoms with Crippen molar-refractivity contribution < 1.29 is 4.74 Å². The molecule has 1 N–H and O–H groups in total. The van der Waals surface area contributed by atoms with Gasteiger partial charge in [-0.3, -0.25) is 4.79 Å². The van der Waals surface area contributed by atoms with Crippen molar-refractivity contribution in [3.8, 4) is 16.9 Å². The number of rotatable bonds is 7. The van der Waals surface area contributed by atoms with Crippen molar-refractivity contribution >= 4 is 33.3 Å². The summed E-state index contributed by atoms with van der Waals surface area (Å²) in [4.78, 5) is 25.7. The van der Waals surface area contributed by atoms with Crippen LogP contribution in [0.2, 0.25) is 0 Å². The van der Waals surface area contributed by atoms with Gasteiger partial charge in [0, 0.05) is 34.7 Å². The van der Waals surface area contributed by atoms with Crippen LogP contribution in [0.1, 0.15) is 24.9 Å². The highest BCUT2D eigenvalue weighted by Gasteiger charge is 2.15. The zero-order valence-electron chi connectivity index (χ0n) is 16.3. The van der Waals surface area contributed by atoms with Crippen molar-refractivity contribution in [1.82, 2.24) is 15.0 Å². The van der Waals surface area contributed by atoms with E-state index in [2.05, 4.69) is 27.5 Å². The van der Waals surface area contributed by atoms with Gasteiger partial charge >= 0.3 is 0 Å². The normalized spacial score (nSPS) is 11.1. The highest BCUT2D eigenvalue weighted by atomic mass is 32.2. The maximum Gasteiger partial charge on any atom is 0.223 e. The van der Waals surface area contributed by atoms with E-state index in [0.29, 0.717) is 18.1 Å². The van der Waals surface area contributed by atoms with E-state index in [1.54, 1.807) is 35.4 Å². The molecule has 0 aliphatic carbocycles. The number of ether oxygens (including phenoxy) is 1. The number of hydrogen-bond acceptors (Lipinski definition) is 6. The predicted octanol–water partition coefficient (Wildman–Crippen LogP) is 5.44. The molecule has 4 rings (SSSR count). The molecule has 0 bridgehead atoms. The summed E-state index contributed by atoms with van der Waals surface area (Å²) in [6, 6.07) is 11.9. The Labute approximate surface area is 177 Å².